The number of nitrogens with zero attached hydrogens (tertiary/aromatic N) is 3. The van der Waals surface area contributed by atoms with E-state index in [1.165, 1.54) is 12.1 Å². The number of anilines is 1. The van der Waals surface area contributed by atoms with Gasteiger partial charge in [-0.25, -0.2) is 22.6 Å². The first-order chi connectivity index (χ1) is 14.6. The fraction of sp³-hybridized carbons (Fsp3) is 0.300. The molecule has 31 heavy (non-hydrogen) atoms. The lowest BCUT2D eigenvalue weighted by Crippen LogP contribution is -2.37. The van der Waals surface area contributed by atoms with Gasteiger partial charge in [0.25, 0.3) is 0 Å². The lowest BCUT2D eigenvalue weighted by molar-refractivity contribution is 0.122. The van der Waals surface area contributed by atoms with Crippen molar-refractivity contribution in [2.24, 2.45) is 0 Å². The van der Waals surface area contributed by atoms with Crippen molar-refractivity contribution in [1.29, 1.82) is 0 Å². The maximum absolute atomic E-state index is 14.1. The molecule has 2 aromatic rings. The van der Waals surface area contributed by atoms with E-state index in [0.717, 1.165) is 23.4 Å². The Kier molecular flexibility index (Phi) is 5.31. The molecule has 1 aromatic heterocycles. The standard InChI is InChI=1S/C20H20FN3O6S/c1-31(28,29)17-11-24(20(26)27)10-16-15(12-6-13(21)8-14(25)7-12)9-18(22-19(16)17)23-2-4-30-5-3-23/h6-9,11,25H,2-5,10H2,1H3,(H,26,27). The summed E-state index contributed by atoms with van der Waals surface area (Å²) in [5.74, 6) is -0.532. The molecule has 2 N–H and O–H groups in total. The fourth-order valence-electron chi connectivity index (χ4n) is 3.68. The molecular weight excluding hydrogens is 429 g/mol. The van der Waals surface area contributed by atoms with Crippen molar-refractivity contribution in [3.63, 3.8) is 0 Å². The number of rotatable bonds is 3. The van der Waals surface area contributed by atoms with Gasteiger partial charge in [0.2, 0.25) is 0 Å². The molecule has 11 heteroatoms. The molecule has 1 fully saturated rings. The van der Waals surface area contributed by atoms with Gasteiger partial charge < -0.3 is 19.8 Å². The number of carbonyl (C=O) groups is 1. The number of sulfone groups is 1. The van der Waals surface area contributed by atoms with Crippen LogP contribution in [0.3, 0.4) is 0 Å². The number of aromatic nitrogens is 1. The van der Waals surface area contributed by atoms with Gasteiger partial charge in [0.1, 0.15) is 22.3 Å². The fourth-order valence-corrected chi connectivity index (χ4v) is 4.52. The maximum atomic E-state index is 14.1. The number of amides is 1. The van der Waals surface area contributed by atoms with E-state index in [1.807, 2.05) is 4.90 Å². The third-order valence-corrected chi connectivity index (χ3v) is 6.22. The van der Waals surface area contributed by atoms with E-state index >= 15 is 0 Å². The van der Waals surface area contributed by atoms with Gasteiger partial charge in [0, 0.05) is 37.2 Å². The number of aromatic hydroxyl groups is 1. The van der Waals surface area contributed by atoms with E-state index in [4.69, 9.17) is 4.74 Å². The number of halogens is 1. The van der Waals surface area contributed by atoms with E-state index in [2.05, 4.69) is 4.98 Å². The van der Waals surface area contributed by atoms with Gasteiger partial charge in [-0.05, 0) is 29.3 Å². The number of hydrogen-bond acceptors (Lipinski definition) is 7. The van der Waals surface area contributed by atoms with Crippen molar-refractivity contribution in [1.82, 2.24) is 9.88 Å². The molecule has 0 atom stereocenters. The van der Waals surface area contributed by atoms with Crippen LogP contribution in [-0.2, 0) is 21.1 Å². The van der Waals surface area contributed by atoms with Gasteiger partial charge in [-0.3, -0.25) is 4.90 Å². The molecular formula is C20H20FN3O6S. The average Bonchev–Trinajstić information content (AvgIpc) is 2.71. The minimum Gasteiger partial charge on any atom is -0.508 e. The van der Waals surface area contributed by atoms with E-state index < -0.39 is 21.7 Å². The second kappa shape index (κ2) is 7.82. The summed E-state index contributed by atoms with van der Waals surface area (Å²) in [5, 5.41) is 19.4. The van der Waals surface area contributed by atoms with Crippen LogP contribution in [0.1, 0.15) is 11.3 Å². The first kappa shape index (κ1) is 21.1. The number of morpholine rings is 1. The first-order valence-corrected chi connectivity index (χ1v) is 11.3. The Morgan fingerprint density at radius 3 is 2.52 bits per heavy atom. The highest BCUT2D eigenvalue weighted by Gasteiger charge is 2.31. The van der Waals surface area contributed by atoms with Gasteiger partial charge in [-0.2, -0.15) is 0 Å². The smallest absolute Gasteiger partial charge is 0.411 e. The Bertz CT molecular complexity index is 1170. The molecule has 0 saturated carbocycles. The molecule has 2 aliphatic heterocycles. The number of fused-ring (bicyclic) bond motifs is 1. The Balaban J connectivity index is 2.00. The second-order valence-corrected chi connectivity index (χ2v) is 9.31. The van der Waals surface area contributed by atoms with Crippen molar-refractivity contribution in [3.8, 4) is 16.9 Å². The number of hydrogen-bond donors (Lipinski definition) is 2. The summed E-state index contributed by atoms with van der Waals surface area (Å²) in [6, 6.07) is 5.14. The van der Waals surface area contributed by atoms with Crippen LogP contribution < -0.4 is 4.90 Å². The topological polar surface area (TPSA) is 120 Å². The minimum absolute atomic E-state index is 0.114. The monoisotopic (exact) mass is 449 g/mol. The summed E-state index contributed by atoms with van der Waals surface area (Å²) < 4.78 is 44.4. The molecule has 164 valence electrons. The lowest BCUT2D eigenvalue weighted by atomic mass is 9.96. The number of phenolic OH excluding ortho intramolecular Hbond substituents is 1. The van der Waals surface area contributed by atoms with Crippen molar-refractivity contribution < 1.29 is 32.6 Å². The van der Waals surface area contributed by atoms with Gasteiger partial charge in [-0.1, -0.05) is 0 Å². The summed E-state index contributed by atoms with van der Waals surface area (Å²) in [6.45, 7) is 1.82. The van der Waals surface area contributed by atoms with Crippen molar-refractivity contribution in [3.05, 3.63) is 47.5 Å². The SMILES string of the molecule is CS(=O)(=O)C1=CN(C(=O)O)Cc2c(-c3cc(O)cc(F)c3)cc(N3CCOCC3)nc21. The van der Waals surface area contributed by atoms with Crippen LogP contribution in [0.2, 0.25) is 0 Å². The summed E-state index contributed by atoms with van der Waals surface area (Å²) in [4.78, 5) is 18.7. The normalized spacial score (nSPS) is 16.6. The first-order valence-electron chi connectivity index (χ1n) is 9.42. The second-order valence-electron chi connectivity index (χ2n) is 7.33. The lowest BCUT2D eigenvalue weighted by Gasteiger charge is -2.31. The van der Waals surface area contributed by atoms with E-state index in [0.29, 0.717) is 43.2 Å². The third-order valence-electron chi connectivity index (χ3n) is 5.12. The molecule has 0 aliphatic carbocycles. The van der Waals surface area contributed by atoms with Gasteiger partial charge in [0.15, 0.2) is 9.84 Å². The van der Waals surface area contributed by atoms with Gasteiger partial charge in [-0.15, -0.1) is 0 Å². The Hall–Kier alpha value is -3.18. The van der Waals surface area contributed by atoms with Crippen molar-refractivity contribution >= 4 is 26.7 Å². The molecule has 0 bridgehead atoms. The third kappa shape index (κ3) is 4.19. The highest BCUT2D eigenvalue weighted by Crippen LogP contribution is 2.39. The molecule has 0 unspecified atom stereocenters. The highest BCUT2D eigenvalue weighted by atomic mass is 32.2. The molecule has 2 aliphatic rings. The van der Waals surface area contributed by atoms with Crippen molar-refractivity contribution in [2.75, 3.05) is 37.5 Å². The van der Waals surface area contributed by atoms with Crippen LogP contribution in [0, 0.1) is 5.82 Å². The zero-order chi connectivity index (χ0) is 22.3. The molecule has 3 heterocycles. The number of benzene rings is 1. The zero-order valence-corrected chi connectivity index (χ0v) is 17.4. The van der Waals surface area contributed by atoms with Crippen LogP contribution in [0.15, 0.2) is 30.5 Å². The Labute approximate surface area is 177 Å². The number of ether oxygens (including phenoxy) is 1. The van der Waals surface area contributed by atoms with Crippen LogP contribution in [-0.4, -0.2) is 67.2 Å². The quantitative estimate of drug-likeness (QED) is 0.732. The number of pyridine rings is 1. The summed E-state index contributed by atoms with van der Waals surface area (Å²) in [6.07, 6.45) is 0.685. The van der Waals surface area contributed by atoms with Crippen LogP contribution in [0.25, 0.3) is 16.0 Å². The highest BCUT2D eigenvalue weighted by molar-refractivity contribution is 8.00. The van der Waals surface area contributed by atoms with Crippen molar-refractivity contribution in [2.45, 2.75) is 6.54 Å². The van der Waals surface area contributed by atoms with Crippen LogP contribution in [0.5, 0.6) is 5.75 Å². The minimum atomic E-state index is -3.84. The molecule has 0 radical (unpaired) electrons. The Morgan fingerprint density at radius 2 is 1.90 bits per heavy atom. The van der Waals surface area contributed by atoms with Gasteiger partial charge >= 0.3 is 6.09 Å². The molecule has 9 nitrogen and oxygen atoms in total. The van der Waals surface area contributed by atoms with E-state index in [-0.39, 0.29) is 28.5 Å². The number of carboxylic acid groups (broad SMARTS) is 1. The molecule has 1 saturated heterocycles. The largest absolute Gasteiger partial charge is 0.508 e. The summed E-state index contributed by atoms with van der Waals surface area (Å²) >= 11 is 0. The number of phenols is 1. The maximum Gasteiger partial charge on any atom is 0.411 e. The predicted molar refractivity (Wildman–Crippen MR) is 111 cm³/mol. The molecule has 0 spiro atoms. The molecule has 4 rings (SSSR count). The zero-order valence-electron chi connectivity index (χ0n) is 16.6. The van der Waals surface area contributed by atoms with Crippen LogP contribution in [0.4, 0.5) is 15.0 Å². The Morgan fingerprint density at radius 1 is 1.19 bits per heavy atom. The van der Waals surface area contributed by atoms with Gasteiger partial charge in [0.05, 0.1) is 25.5 Å². The van der Waals surface area contributed by atoms with E-state index in [9.17, 15) is 27.8 Å². The molecule has 1 amide bonds. The molecule has 1 aromatic carbocycles. The summed E-state index contributed by atoms with van der Waals surface area (Å²) in [5.41, 5.74) is 1.10. The van der Waals surface area contributed by atoms with E-state index in [1.54, 1.807) is 6.07 Å². The van der Waals surface area contributed by atoms with Crippen LogP contribution >= 0.6 is 0 Å². The predicted octanol–water partition coefficient (Wildman–Crippen LogP) is 2.27. The average molecular weight is 449 g/mol. The summed E-state index contributed by atoms with van der Waals surface area (Å²) in [7, 11) is -3.84.